The Morgan fingerprint density at radius 3 is 2.57 bits per heavy atom. The van der Waals surface area contributed by atoms with Crippen LogP contribution in [0.15, 0.2) is 30.3 Å². The Morgan fingerprint density at radius 1 is 1.24 bits per heavy atom. The molecule has 7 heteroatoms. The Labute approximate surface area is 129 Å². The molecule has 3 N–H and O–H groups in total. The Bertz CT molecular complexity index is 489. The summed E-state index contributed by atoms with van der Waals surface area (Å²) in [5, 5.41) is 3.26. The van der Waals surface area contributed by atoms with Crippen LogP contribution in [0.1, 0.15) is 12.5 Å². The van der Waals surface area contributed by atoms with E-state index in [1.165, 1.54) is 0 Å². The Balaban J connectivity index is 1.65. The van der Waals surface area contributed by atoms with Crippen molar-refractivity contribution in [2.24, 2.45) is 0 Å². The molecule has 0 bridgehead atoms. The SMILES string of the molecule is CC1(CNC(=S)NNC(=O)Cc2ccccc2)OCCO1. The number of nitrogens with one attached hydrogen (secondary N) is 3. The summed E-state index contributed by atoms with van der Waals surface area (Å²) in [6, 6.07) is 9.49. The third-order valence-electron chi connectivity index (χ3n) is 2.99. The van der Waals surface area contributed by atoms with E-state index >= 15 is 0 Å². The first-order chi connectivity index (χ1) is 10.1. The van der Waals surface area contributed by atoms with E-state index in [2.05, 4.69) is 16.2 Å². The molecule has 0 saturated carbocycles. The molecule has 114 valence electrons. The topological polar surface area (TPSA) is 71.6 Å². The molecule has 1 fully saturated rings. The molecule has 0 atom stereocenters. The second-order valence-corrected chi connectivity index (χ2v) is 5.26. The summed E-state index contributed by atoms with van der Waals surface area (Å²) in [5.74, 6) is -0.829. The number of ether oxygens (including phenoxy) is 2. The number of thiocarbonyl (C=S) groups is 1. The van der Waals surface area contributed by atoms with Gasteiger partial charge in [-0.2, -0.15) is 0 Å². The Morgan fingerprint density at radius 2 is 1.90 bits per heavy atom. The number of carbonyl (C=O) groups is 1. The van der Waals surface area contributed by atoms with E-state index in [1.54, 1.807) is 0 Å². The van der Waals surface area contributed by atoms with E-state index in [0.29, 0.717) is 31.3 Å². The molecule has 1 saturated heterocycles. The summed E-state index contributed by atoms with van der Waals surface area (Å²) >= 11 is 5.07. The zero-order valence-corrected chi connectivity index (χ0v) is 12.7. The fourth-order valence-corrected chi connectivity index (χ4v) is 2.02. The molecular weight excluding hydrogens is 290 g/mol. The van der Waals surface area contributed by atoms with E-state index in [0.717, 1.165) is 5.56 Å². The van der Waals surface area contributed by atoms with Gasteiger partial charge in [0.25, 0.3) is 0 Å². The van der Waals surface area contributed by atoms with Crippen molar-refractivity contribution in [2.75, 3.05) is 19.8 Å². The standard InChI is InChI=1S/C14H19N3O3S/c1-14(19-7-8-20-14)10-15-13(21)17-16-12(18)9-11-5-3-2-4-6-11/h2-6H,7-10H2,1H3,(H,16,18)(H2,15,17,21). The van der Waals surface area contributed by atoms with E-state index in [9.17, 15) is 4.79 Å². The monoisotopic (exact) mass is 309 g/mol. The van der Waals surface area contributed by atoms with Crippen LogP contribution in [0.25, 0.3) is 0 Å². The lowest BCUT2D eigenvalue weighted by molar-refractivity contribution is -0.135. The molecular formula is C14H19N3O3S. The average molecular weight is 309 g/mol. The molecule has 1 aliphatic heterocycles. The number of hydrogen-bond donors (Lipinski definition) is 3. The van der Waals surface area contributed by atoms with Crippen molar-refractivity contribution in [3.05, 3.63) is 35.9 Å². The van der Waals surface area contributed by atoms with Gasteiger partial charge in [-0.1, -0.05) is 30.3 Å². The molecule has 21 heavy (non-hydrogen) atoms. The molecule has 6 nitrogen and oxygen atoms in total. The minimum Gasteiger partial charge on any atom is -0.356 e. The molecule has 1 amide bonds. The second-order valence-electron chi connectivity index (χ2n) is 4.85. The van der Waals surface area contributed by atoms with Crippen molar-refractivity contribution < 1.29 is 14.3 Å². The van der Waals surface area contributed by atoms with Crippen LogP contribution in [-0.4, -0.2) is 36.6 Å². The fourth-order valence-electron chi connectivity index (χ4n) is 1.90. The molecule has 2 rings (SSSR count). The minimum absolute atomic E-state index is 0.162. The van der Waals surface area contributed by atoms with E-state index in [4.69, 9.17) is 21.7 Å². The maximum Gasteiger partial charge on any atom is 0.242 e. The first kappa shape index (κ1) is 15.7. The largest absolute Gasteiger partial charge is 0.356 e. The van der Waals surface area contributed by atoms with Crippen molar-refractivity contribution in [1.82, 2.24) is 16.2 Å². The maximum atomic E-state index is 11.7. The number of carbonyl (C=O) groups excluding carboxylic acids is 1. The van der Waals surface area contributed by atoms with Crippen LogP contribution in [0.5, 0.6) is 0 Å². The van der Waals surface area contributed by atoms with Crippen LogP contribution in [0.3, 0.4) is 0 Å². The molecule has 0 spiro atoms. The predicted molar refractivity (Wildman–Crippen MR) is 82.3 cm³/mol. The van der Waals surface area contributed by atoms with Crippen LogP contribution in [0.4, 0.5) is 0 Å². The first-order valence-corrected chi connectivity index (χ1v) is 7.13. The van der Waals surface area contributed by atoms with Gasteiger partial charge in [0, 0.05) is 0 Å². The summed E-state index contributed by atoms with van der Waals surface area (Å²) in [5.41, 5.74) is 6.14. The van der Waals surface area contributed by atoms with Crippen LogP contribution >= 0.6 is 12.2 Å². The molecule has 1 aliphatic rings. The molecule has 0 unspecified atom stereocenters. The van der Waals surface area contributed by atoms with Crippen LogP contribution in [0, 0.1) is 0 Å². The van der Waals surface area contributed by atoms with Gasteiger partial charge in [-0.05, 0) is 24.7 Å². The van der Waals surface area contributed by atoms with Crippen molar-refractivity contribution >= 4 is 23.2 Å². The van der Waals surface area contributed by atoms with E-state index < -0.39 is 5.79 Å². The van der Waals surface area contributed by atoms with Crippen molar-refractivity contribution in [2.45, 2.75) is 19.1 Å². The molecule has 1 heterocycles. The predicted octanol–water partition coefficient (Wildman–Crippen LogP) is 0.487. The zero-order valence-electron chi connectivity index (χ0n) is 11.8. The Hall–Kier alpha value is -1.70. The quantitative estimate of drug-likeness (QED) is 0.555. The summed E-state index contributed by atoms with van der Waals surface area (Å²) in [4.78, 5) is 11.7. The van der Waals surface area contributed by atoms with Crippen LogP contribution < -0.4 is 16.2 Å². The summed E-state index contributed by atoms with van der Waals surface area (Å²) in [6.45, 7) is 3.40. The van der Waals surface area contributed by atoms with Crippen molar-refractivity contribution in [1.29, 1.82) is 0 Å². The van der Waals surface area contributed by atoms with Crippen LogP contribution in [0.2, 0.25) is 0 Å². The summed E-state index contributed by atoms with van der Waals surface area (Å²) < 4.78 is 10.9. The van der Waals surface area contributed by atoms with Crippen molar-refractivity contribution in [3.63, 3.8) is 0 Å². The van der Waals surface area contributed by atoms with Gasteiger partial charge in [0.2, 0.25) is 5.91 Å². The lowest BCUT2D eigenvalue weighted by Gasteiger charge is -2.23. The highest BCUT2D eigenvalue weighted by Crippen LogP contribution is 2.16. The van der Waals surface area contributed by atoms with Gasteiger partial charge in [-0.25, -0.2) is 0 Å². The third-order valence-corrected chi connectivity index (χ3v) is 3.24. The molecule has 0 radical (unpaired) electrons. The number of benzene rings is 1. The third kappa shape index (κ3) is 5.30. The number of rotatable bonds is 4. The molecule has 1 aromatic rings. The first-order valence-electron chi connectivity index (χ1n) is 6.72. The lowest BCUT2D eigenvalue weighted by Crippen LogP contribution is -2.51. The van der Waals surface area contributed by atoms with Gasteiger partial charge in [0.15, 0.2) is 10.9 Å². The summed E-state index contributed by atoms with van der Waals surface area (Å²) in [7, 11) is 0. The zero-order chi connectivity index (χ0) is 15.1. The van der Waals surface area contributed by atoms with Gasteiger partial charge in [0.05, 0.1) is 26.2 Å². The van der Waals surface area contributed by atoms with Crippen molar-refractivity contribution in [3.8, 4) is 0 Å². The number of hydrazine groups is 1. The van der Waals surface area contributed by atoms with E-state index in [-0.39, 0.29) is 5.91 Å². The van der Waals surface area contributed by atoms with Gasteiger partial charge < -0.3 is 14.8 Å². The normalized spacial score (nSPS) is 16.2. The highest BCUT2D eigenvalue weighted by atomic mass is 32.1. The smallest absolute Gasteiger partial charge is 0.242 e. The number of amides is 1. The fraction of sp³-hybridized carbons (Fsp3) is 0.429. The highest BCUT2D eigenvalue weighted by molar-refractivity contribution is 7.80. The average Bonchev–Trinajstić information content (AvgIpc) is 2.91. The maximum absolute atomic E-state index is 11.7. The molecule has 1 aromatic carbocycles. The van der Waals surface area contributed by atoms with Gasteiger partial charge in [-0.3, -0.25) is 15.6 Å². The second kappa shape index (κ2) is 7.35. The number of hydrogen-bond acceptors (Lipinski definition) is 4. The Kier molecular flexibility index (Phi) is 5.49. The lowest BCUT2D eigenvalue weighted by atomic mass is 10.1. The van der Waals surface area contributed by atoms with Gasteiger partial charge >= 0.3 is 0 Å². The van der Waals surface area contributed by atoms with Crippen LogP contribution in [-0.2, 0) is 20.7 Å². The summed E-state index contributed by atoms with van der Waals surface area (Å²) in [6.07, 6.45) is 0.292. The van der Waals surface area contributed by atoms with Gasteiger partial charge in [0.1, 0.15) is 0 Å². The van der Waals surface area contributed by atoms with Gasteiger partial charge in [-0.15, -0.1) is 0 Å². The molecule has 0 aromatic heterocycles. The minimum atomic E-state index is -0.667. The molecule has 0 aliphatic carbocycles. The van der Waals surface area contributed by atoms with E-state index in [1.807, 2.05) is 37.3 Å². The highest BCUT2D eigenvalue weighted by Gasteiger charge is 2.30.